The Labute approximate surface area is 111 Å². The topological polar surface area (TPSA) is 29.3 Å². The predicted molar refractivity (Wildman–Crippen MR) is 73.8 cm³/mol. The molecule has 0 heterocycles. The van der Waals surface area contributed by atoms with E-state index in [2.05, 4.69) is 41.7 Å². The lowest BCUT2D eigenvalue weighted by Crippen LogP contribution is -2.35. The van der Waals surface area contributed by atoms with Crippen molar-refractivity contribution in [1.82, 2.24) is 4.90 Å². The first-order chi connectivity index (χ1) is 7.47. The Hall–Kier alpha value is -0.0900. The molecule has 1 rings (SSSR count). The Bertz CT molecular complexity index is 355. The standard InChI is InChI=1S/C12H18BrClN2/c1-8(2)16(3)12(7-15)10-6-9(13)4-5-11(10)14/h4-6,8,12H,7,15H2,1-3H3. The van der Waals surface area contributed by atoms with Gasteiger partial charge in [0.15, 0.2) is 0 Å². The van der Waals surface area contributed by atoms with Crippen molar-refractivity contribution >= 4 is 27.5 Å². The second-order valence-corrected chi connectivity index (χ2v) is 5.50. The van der Waals surface area contributed by atoms with Crippen molar-refractivity contribution in [3.05, 3.63) is 33.3 Å². The monoisotopic (exact) mass is 304 g/mol. The van der Waals surface area contributed by atoms with Gasteiger partial charge in [0.25, 0.3) is 0 Å². The van der Waals surface area contributed by atoms with Crippen LogP contribution in [0.25, 0.3) is 0 Å². The number of halogens is 2. The smallest absolute Gasteiger partial charge is 0.0485 e. The van der Waals surface area contributed by atoms with Crippen LogP contribution in [0.1, 0.15) is 25.5 Å². The summed E-state index contributed by atoms with van der Waals surface area (Å²) in [6.45, 7) is 4.86. The van der Waals surface area contributed by atoms with Gasteiger partial charge < -0.3 is 5.73 Å². The zero-order chi connectivity index (χ0) is 12.3. The molecule has 0 aliphatic heterocycles. The highest BCUT2D eigenvalue weighted by Crippen LogP contribution is 2.29. The van der Waals surface area contributed by atoms with Gasteiger partial charge in [-0.1, -0.05) is 27.5 Å². The summed E-state index contributed by atoms with van der Waals surface area (Å²) < 4.78 is 1.03. The fraction of sp³-hybridized carbons (Fsp3) is 0.500. The molecule has 90 valence electrons. The summed E-state index contributed by atoms with van der Waals surface area (Å²) in [6, 6.07) is 6.47. The second-order valence-electron chi connectivity index (χ2n) is 4.18. The van der Waals surface area contributed by atoms with Crippen LogP contribution in [0.3, 0.4) is 0 Å². The molecule has 0 saturated carbocycles. The third-order valence-corrected chi connectivity index (χ3v) is 3.68. The Kier molecular flexibility index (Phi) is 5.25. The van der Waals surface area contributed by atoms with Crippen molar-refractivity contribution in [1.29, 1.82) is 0 Å². The van der Waals surface area contributed by atoms with Gasteiger partial charge in [0.2, 0.25) is 0 Å². The third kappa shape index (κ3) is 3.20. The molecule has 1 atom stereocenters. The molecule has 1 aromatic rings. The van der Waals surface area contributed by atoms with Gasteiger partial charge in [0, 0.05) is 28.1 Å². The van der Waals surface area contributed by atoms with Crippen LogP contribution in [0.5, 0.6) is 0 Å². The summed E-state index contributed by atoms with van der Waals surface area (Å²) in [5, 5.41) is 0.770. The average Bonchev–Trinajstić information content (AvgIpc) is 2.23. The van der Waals surface area contributed by atoms with Crippen LogP contribution in [0.2, 0.25) is 5.02 Å². The first-order valence-corrected chi connectivity index (χ1v) is 6.51. The molecule has 0 aliphatic carbocycles. The minimum absolute atomic E-state index is 0.157. The molecule has 0 bridgehead atoms. The van der Waals surface area contributed by atoms with Crippen molar-refractivity contribution < 1.29 is 0 Å². The number of nitrogens with zero attached hydrogens (tertiary/aromatic N) is 1. The fourth-order valence-corrected chi connectivity index (χ4v) is 2.26. The van der Waals surface area contributed by atoms with Gasteiger partial charge in [0.05, 0.1) is 0 Å². The van der Waals surface area contributed by atoms with E-state index in [0.29, 0.717) is 12.6 Å². The van der Waals surface area contributed by atoms with Gasteiger partial charge in [0.1, 0.15) is 0 Å². The second kappa shape index (κ2) is 6.01. The highest BCUT2D eigenvalue weighted by molar-refractivity contribution is 9.10. The van der Waals surface area contributed by atoms with Gasteiger partial charge in [-0.15, -0.1) is 0 Å². The van der Waals surface area contributed by atoms with Crippen molar-refractivity contribution in [2.45, 2.75) is 25.9 Å². The van der Waals surface area contributed by atoms with Crippen LogP contribution in [0, 0.1) is 0 Å². The van der Waals surface area contributed by atoms with E-state index in [4.69, 9.17) is 17.3 Å². The van der Waals surface area contributed by atoms with Crippen LogP contribution in [0.4, 0.5) is 0 Å². The fourth-order valence-electron chi connectivity index (χ4n) is 1.64. The largest absolute Gasteiger partial charge is 0.329 e. The summed E-state index contributed by atoms with van der Waals surface area (Å²) in [4.78, 5) is 2.23. The molecule has 0 saturated heterocycles. The minimum Gasteiger partial charge on any atom is -0.329 e. The maximum Gasteiger partial charge on any atom is 0.0485 e. The summed E-state index contributed by atoms with van der Waals surface area (Å²) in [5.74, 6) is 0. The van der Waals surface area contributed by atoms with E-state index in [1.807, 2.05) is 18.2 Å². The average molecular weight is 306 g/mol. The number of rotatable bonds is 4. The van der Waals surface area contributed by atoms with Crippen molar-refractivity contribution in [2.75, 3.05) is 13.6 Å². The molecule has 2 N–H and O–H groups in total. The van der Waals surface area contributed by atoms with Crippen LogP contribution in [-0.2, 0) is 0 Å². The highest BCUT2D eigenvalue weighted by atomic mass is 79.9. The lowest BCUT2D eigenvalue weighted by Gasteiger charge is -2.31. The van der Waals surface area contributed by atoms with Gasteiger partial charge in [-0.2, -0.15) is 0 Å². The van der Waals surface area contributed by atoms with Crippen LogP contribution in [-0.4, -0.2) is 24.5 Å². The maximum absolute atomic E-state index is 6.22. The van der Waals surface area contributed by atoms with Gasteiger partial charge >= 0.3 is 0 Å². The van der Waals surface area contributed by atoms with Crippen molar-refractivity contribution in [2.24, 2.45) is 5.73 Å². The van der Waals surface area contributed by atoms with Gasteiger partial charge in [-0.25, -0.2) is 0 Å². The minimum atomic E-state index is 0.157. The Morgan fingerprint density at radius 1 is 1.44 bits per heavy atom. The molecule has 4 heteroatoms. The van der Waals surface area contributed by atoms with Gasteiger partial charge in [-0.05, 0) is 44.7 Å². The highest BCUT2D eigenvalue weighted by Gasteiger charge is 2.20. The van der Waals surface area contributed by atoms with Crippen LogP contribution < -0.4 is 5.73 Å². The molecular weight excluding hydrogens is 288 g/mol. The van der Waals surface area contributed by atoms with E-state index >= 15 is 0 Å². The molecule has 1 unspecified atom stereocenters. The normalized spacial score (nSPS) is 13.5. The lowest BCUT2D eigenvalue weighted by molar-refractivity contribution is 0.201. The van der Waals surface area contributed by atoms with E-state index in [0.717, 1.165) is 15.1 Å². The number of hydrogen-bond acceptors (Lipinski definition) is 2. The van der Waals surface area contributed by atoms with Gasteiger partial charge in [-0.3, -0.25) is 4.90 Å². The molecule has 16 heavy (non-hydrogen) atoms. The van der Waals surface area contributed by atoms with Crippen LogP contribution >= 0.6 is 27.5 Å². The number of hydrogen-bond donors (Lipinski definition) is 1. The Balaban J connectivity index is 3.07. The summed E-state index contributed by atoms with van der Waals surface area (Å²) >= 11 is 9.68. The van der Waals surface area contributed by atoms with Crippen molar-refractivity contribution in [3.8, 4) is 0 Å². The quantitative estimate of drug-likeness (QED) is 0.923. The van der Waals surface area contributed by atoms with Crippen LogP contribution in [0.15, 0.2) is 22.7 Å². The molecule has 0 amide bonds. The van der Waals surface area contributed by atoms with E-state index in [-0.39, 0.29) is 6.04 Å². The zero-order valence-corrected chi connectivity index (χ0v) is 12.2. The van der Waals surface area contributed by atoms with E-state index < -0.39 is 0 Å². The van der Waals surface area contributed by atoms with Crippen molar-refractivity contribution in [3.63, 3.8) is 0 Å². The molecule has 0 fully saturated rings. The van der Waals surface area contributed by atoms with E-state index in [1.54, 1.807) is 0 Å². The number of benzene rings is 1. The Morgan fingerprint density at radius 3 is 2.56 bits per heavy atom. The molecule has 0 aromatic heterocycles. The predicted octanol–water partition coefficient (Wildman–Crippen LogP) is 3.44. The molecule has 0 spiro atoms. The SMILES string of the molecule is CC(C)N(C)C(CN)c1cc(Br)ccc1Cl. The first-order valence-electron chi connectivity index (χ1n) is 5.34. The molecule has 1 aromatic carbocycles. The third-order valence-electron chi connectivity index (χ3n) is 2.85. The first kappa shape index (κ1) is 14.0. The lowest BCUT2D eigenvalue weighted by atomic mass is 10.0. The molecule has 0 radical (unpaired) electrons. The summed E-state index contributed by atoms with van der Waals surface area (Å²) in [6.07, 6.45) is 0. The molecule has 0 aliphatic rings. The Morgan fingerprint density at radius 2 is 2.06 bits per heavy atom. The summed E-state index contributed by atoms with van der Waals surface area (Å²) in [7, 11) is 2.07. The molecular formula is C12H18BrClN2. The maximum atomic E-state index is 6.22. The van der Waals surface area contributed by atoms with E-state index in [1.165, 1.54) is 0 Å². The number of likely N-dealkylation sites (N-methyl/N-ethyl adjacent to an activating group) is 1. The zero-order valence-electron chi connectivity index (χ0n) is 9.87. The summed E-state index contributed by atoms with van der Waals surface area (Å²) in [5.41, 5.74) is 6.93. The van der Waals surface area contributed by atoms with E-state index in [9.17, 15) is 0 Å². The number of nitrogens with two attached hydrogens (primary N) is 1. The molecule has 2 nitrogen and oxygen atoms in total.